The Bertz CT molecular complexity index is 483. The number of hydrogen-bond acceptors (Lipinski definition) is 4. The van der Waals surface area contributed by atoms with Gasteiger partial charge in [0.15, 0.2) is 0 Å². The van der Waals surface area contributed by atoms with Gasteiger partial charge < -0.3 is 11.1 Å². The first kappa shape index (κ1) is 9.02. The first-order valence-electron chi connectivity index (χ1n) is 4.11. The van der Waals surface area contributed by atoms with Gasteiger partial charge in [-0.2, -0.15) is 0 Å². The van der Waals surface area contributed by atoms with Crippen molar-refractivity contribution in [1.29, 1.82) is 0 Å². The highest BCUT2D eigenvalue weighted by Crippen LogP contribution is 2.23. The maximum absolute atomic E-state index is 5.75. The van der Waals surface area contributed by atoms with E-state index in [-0.39, 0.29) is 5.28 Å². The molecule has 1 heterocycles. The molecule has 3 N–H and O–H groups in total. The second kappa shape index (κ2) is 3.31. The third kappa shape index (κ3) is 1.44. The molecule has 0 radical (unpaired) electrons. The maximum atomic E-state index is 5.75. The van der Waals surface area contributed by atoms with Crippen LogP contribution in [0.1, 0.15) is 0 Å². The van der Waals surface area contributed by atoms with E-state index >= 15 is 0 Å². The fourth-order valence-corrected chi connectivity index (χ4v) is 1.48. The van der Waals surface area contributed by atoms with E-state index in [0.717, 1.165) is 10.9 Å². The second-order valence-electron chi connectivity index (χ2n) is 2.87. The van der Waals surface area contributed by atoms with E-state index in [4.69, 9.17) is 17.3 Å². The molecule has 14 heavy (non-hydrogen) atoms. The summed E-state index contributed by atoms with van der Waals surface area (Å²) >= 11 is 5.75. The van der Waals surface area contributed by atoms with E-state index in [1.54, 1.807) is 13.1 Å². The van der Waals surface area contributed by atoms with Crippen LogP contribution in [0.5, 0.6) is 0 Å². The van der Waals surface area contributed by atoms with Crippen molar-refractivity contribution in [3.8, 4) is 0 Å². The highest BCUT2D eigenvalue weighted by Gasteiger charge is 2.04. The molecule has 0 aliphatic carbocycles. The van der Waals surface area contributed by atoms with Gasteiger partial charge in [-0.05, 0) is 29.8 Å². The number of nitrogens with zero attached hydrogens (tertiary/aromatic N) is 2. The third-order valence-corrected chi connectivity index (χ3v) is 2.10. The Kier molecular flexibility index (Phi) is 2.13. The van der Waals surface area contributed by atoms with Crippen LogP contribution in [0.15, 0.2) is 18.2 Å². The molecule has 0 fully saturated rings. The zero-order valence-corrected chi connectivity index (χ0v) is 8.34. The molecular weight excluding hydrogens is 200 g/mol. The summed E-state index contributed by atoms with van der Waals surface area (Å²) in [5.74, 6) is 0.687. The van der Waals surface area contributed by atoms with Crippen LogP contribution in [-0.4, -0.2) is 17.0 Å². The monoisotopic (exact) mass is 208 g/mol. The summed E-state index contributed by atoms with van der Waals surface area (Å²) in [7, 11) is 1.78. The normalized spacial score (nSPS) is 10.4. The largest absolute Gasteiger partial charge is 0.399 e. The Morgan fingerprint density at radius 1 is 1.36 bits per heavy atom. The lowest BCUT2D eigenvalue weighted by Crippen LogP contribution is -1.97. The summed E-state index contributed by atoms with van der Waals surface area (Å²) < 4.78 is 0. The molecule has 4 nitrogen and oxygen atoms in total. The molecule has 5 heteroatoms. The molecular formula is C9H9ClN4. The van der Waals surface area contributed by atoms with E-state index in [1.807, 2.05) is 12.1 Å². The molecule has 0 saturated carbocycles. The van der Waals surface area contributed by atoms with Crippen molar-refractivity contribution in [3.05, 3.63) is 23.5 Å². The van der Waals surface area contributed by atoms with Crippen LogP contribution in [0, 0.1) is 0 Å². The van der Waals surface area contributed by atoms with Crippen LogP contribution in [0.25, 0.3) is 10.9 Å². The Labute approximate surface area is 86.1 Å². The Morgan fingerprint density at radius 3 is 2.86 bits per heavy atom. The van der Waals surface area contributed by atoms with Gasteiger partial charge >= 0.3 is 0 Å². The van der Waals surface area contributed by atoms with Gasteiger partial charge in [0, 0.05) is 18.1 Å². The minimum atomic E-state index is 0.228. The molecule has 0 aliphatic heterocycles. The van der Waals surface area contributed by atoms with Gasteiger partial charge in [0.05, 0.1) is 5.52 Å². The average molecular weight is 209 g/mol. The summed E-state index contributed by atoms with van der Waals surface area (Å²) in [6, 6.07) is 5.42. The lowest BCUT2D eigenvalue weighted by atomic mass is 10.2. The van der Waals surface area contributed by atoms with Gasteiger partial charge in [-0.3, -0.25) is 0 Å². The lowest BCUT2D eigenvalue weighted by molar-refractivity contribution is 1.21. The summed E-state index contributed by atoms with van der Waals surface area (Å²) in [6.45, 7) is 0. The fourth-order valence-electron chi connectivity index (χ4n) is 1.31. The van der Waals surface area contributed by atoms with E-state index in [1.165, 1.54) is 0 Å². The number of halogens is 1. The molecule has 1 aromatic heterocycles. The zero-order chi connectivity index (χ0) is 10.1. The minimum Gasteiger partial charge on any atom is -0.399 e. The number of aromatic nitrogens is 2. The number of benzene rings is 1. The predicted molar refractivity (Wildman–Crippen MR) is 58.5 cm³/mol. The maximum Gasteiger partial charge on any atom is 0.224 e. The molecule has 0 bridgehead atoms. The molecule has 0 atom stereocenters. The highest BCUT2D eigenvalue weighted by molar-refractivity contribution is 6.28. The van der Waals surface area contributed by atoms with Gasteiger partial charge in [-0.15, -0.1) is 0 Å². The van der Waals surface area contributed by atoms with Crippen LogP contribution < -0.4 is 11.1 Å². The van der Waals surface area contributed by atoms with Crippen molar-refractivity contribution in [2.24, 2.45) is 0 Å². The number of anilines is 2. The van der Waals surface area contributed by atoms with Crippen molar-refractivity contribution in [2.75, 3.05) is 18.1 Å². The lowest BCUT2D eigenvalue weighted by Gasteiger charge is -2.05. The number of fused-ring (bicyclic) bond motifs is 1. The molecule has 1 aromatic carbocycles. The molecule has 0 saturated heterocycles. The van der Waals surface area contributed by atoms with Crippen LogP contribution in [0.3, 0.4) is 0 Å². The minimum absolute atomic E-state index is 0.228. The molecule has 0 aliphatic rings. The van der Waals surface area contributed by atoms with Gasteiger partial charge in [0.25, 0.3) is 0 Å². The Morgan fingerprint density at radius 2 is 2.14 bits per heavy atom. The number of rotatable bonds is 1. The van der Waals surface area contributed by atoms with Gasteiger partial charge in [0.2, 0.25) is 5.28 Å². The third-order valence-electron chi connectivity index (χ3n) is 1.93. The molecule has 72 valence electrons. The first-order valence-corrected chi connectivity index (χ1v) is 4.49. The van der Waals surface area contributed by atoms with Crippen molar-refractivity contribution in [2.45, 2.75) is 0 Å². The van der Waals surface area contributed by atoms with Crippen LogP contribution in [0.4, 0.5) is 11.5 Å². The highest BCUT2D eigenvalue weighted by atomic mass is 35.5. The summed E-state index contributed by atoms with van der Waals surface area (Å²) in [4.78, 5) is 8.13. The smallest absolute Gasteiger partial charge is 0.224 e. The number of nitrogens with two attached hydrogens (primary N) is 1. The van der Waals surface area contributed by atoms with E-state index < -0.39 is 0 Å². The van der Waals surface area contributed by atoms with E-state index in [2.05, 4.69) is 15.3 Å². The fraction of sp³-hybridized carbons (Fsp3) is 0.111. The summed E-state index contributed by atoms with van der Waals surface area (Å²) in [6.07, 6.45) is 0. The molecule has 0 unspecified atom stereocenters. The summed E-state index contributed by atoms with van der Waals surface area (Å²) in [5.41, 5.74) is 7.13. The standard InChI is InChI=1S/C9H9ClN4/c1-12-8-6-4-5(11)2-3-7(6)13-9(10)14-8/h2-4H,11H2,1H3,(H,12,13,14). The van der Waals surface area contributed by atoms with Crippen LogP contribution in [0.2, 0.25) is 5.28 Å². The van der Waals surface area contributed by atoms with Gasteiger partial charge in [-0.25, -0.2) is 9.97 Å². The van der Waals surface area contributed by atoms with Gasteiger partial charge in [0.1, 0.15) is 5.82 Å². The SMILES string of the molecule is CNc1nc(Cl)nc2ccc(N)cc12. The van der Waals surface area contributed by atoms with Crippen LogP contribution in [-0.2, 0) is 0 Å². The number of hydrogen-bond donors (Lipinski definition) is 2. The molecule has 2 aromatic rings. The average Bonchev–Trinajstić information content (AvgIpc) is 2.17. The predicted octanol–water partition coefficient (Wildman–Crippen LogP) is 1.91. The van der Waals surface area contributed by atoms with Crippen molar-refractivity contribution >= 4 is 34.0 Å². The molecule has 0 spiro atoms. The van der Waals surface area contributed by atoms with E-state index in [9.17, 15) is 0 Å². The first-order chi connectivity index (χ1) is 6.70. The zero-order valence-electron chi connectivity index (χ0n) is 7.58. The van der Waals surface area contributed by atoms with Crippen molar-refractivity contribution < 1.29 is 0 Å². The Hall–Kier alpha value is -1.55. The topological polar surface area (TPSA) is 63.8 Å². The van der Waals surface area contributed by atoms with Crippen molar-refractivity contribution in [1.82, 2.24) is 9.97 Å². The molecule has 2 rings (SSSR count). The molecule has 0 amide bonds. The second-order valence-corrected chi connectivity index (χ2v) is 3.21. The number of nitrogens with one attached hydrogen (secondary N) is 1. The Balaban J connectivity index is 2.81. The quantitative estimate of drug-likeness (QED) is 0.555. The van der Waals surface area contributed by atoms with Crippen LogP contribution >= 0.6 is 11.6 Å². The number of nitrogen functional groups attached to an aromatic ring is 1. The van der Waals surface area contributed by atoms with E-state index in [0.29, 0.717) is 11.5 Å². The van der Waals surface area contributed by atoms with Crippen molar-refractivity contribution in [3.63, 3.8) is 0 Å². The summed E-state index contributed by atoms with van der Waals surface area (Å²) in [5, 5.41) is 4.05. The van der Waals surface area contributed by atoms with Gasteiger partial charge in [-0.1, -0.05) is 0 Å².